The van der Waals surface area contributed by atoms with E-state index in [0.717, 1.165) is 0 Å². The van der Waals surface area contributed by atoms with Crippen LogP contribution >= 0.6 is 0 Å². The summed E-state index contributed by atoms with van der Waals surface area (Å²) in [7, 11) is 1.49. The van der Waals surface area contributed by atoms with Crippen molar-refractivity contribution in [1.29, 1.82) is 5.26 Å². The highest BCUT2D eigenvalue weighted by Crippen LogP contribution is 2.18. The molecule has 0 unspecified atom stereocenters. The number of nitriles is 1. The van der Waals surface area contributed by atoms with Gasteiger partial charge in [-0.3, -0.25) is 4.79 Å². The Hall–Kier alpha value is -3.37. The van der Waals surface area contributed by atoms with Crippen molar-refractivity contribution >= 4 is 17.2 Å². The van der Waals surface area contributed by atoms with Crippen LogP contribution in [-0.2, 0) is 4.74 Å². The minimum absolute atomic E-state index is 0.210. The standard InChI is InChI=1S/C18H12N2O2/c1-20-16-9-7-14(8-10-16)17(21)11-18(22-2)15-5-3-13(12-19)4-6-15/h3-11H,2H3. The second kappa shape index (κ2) is 6.88. The molecule has 0 saturated heterocycles. The normalized spacial score (nSPS) is 10.4. The number of methoxy groups -OCH3 is 1. The molecular weight excluding hydrogens is 276 g/mol. The van der Waals surface area contributed by atoms with Crippen LogP contribution < -0.4 is 0 Å². The number of hydrogen-bond donors (Lipinski definition) is 0. The monoisotopic (exact) mass is 288 g/mol. The molecule has 0 bridgehead atoms. The van der Waals surface area contributed by atoms with Crippen LogP contribution in [0.5, 0.6) is 0 Å². The average Bonchev–Trinajstić information content (AvgIpc) is 2.59. The molecule has 2 aromatic rings. The van der Waals surface area contributed by atoms with Crippen molar-refractivity contribution < 1.29 is 9.53 Å². The summed E-state index contributed by atoms with van der Waals surface area (Å²) in [6, 6.07) is 15.2. The Balaban J connectivity index is 2.28. The zero-order chi connectivity index (χ0) is 15.9. The zero-order valence-corrected chi connectivity index (χ0v) is 11.9. The van der Waals surface area contributed by atoms with Crippen molar-refractivity contribution in [3.05, 3.63) is 82.7 Å². The van der Waals surface area contributed by atoms with Crippen LogP contribution in [-0.4, -0.2) is 12.9 Å². The molecule has 0 fully saturated rings. The molecule has 0 heterocycles. The third kappa shape index (κ3) is 3.39. The molecule has 4 heteroatoms. The summed E-state index contributed by atoms with van der Waals surface area (Å²) in [5, 5.41) is 8.79. The highest BCUT2D eigenvalue weighted by atomic mass is 16.5. The molecule has 0 atom stereocenters. The van der Waals surface area contributed by atoms with Gasteiger partial charge in [-0.05, 0) is 24.3 Å². The van der Waals surface area contributed by atoms with Crippen LogP contribution in [0.3, 0.4) is 0 Å². The van der Waals surface area contributed by atoms with Crippen LogP contribution in [0.15, 0.2) is 54.6 Å². The Morgan fingerprint density at radius 3 is 2.23 bits per heavy atom. The molecule has 0 aliphatic carbocycles. The molecule has 0 aliphatic rings. The first-order valence-corrected chi connectivity index (χ1v) is 6.46. The van der Waals surface area contributed by atoms with E-state index in [-0.39, 0.29) is 5.78 Å². The molecule has 0 N–H and O–H groups in total. The number of carbonyl (C=O) groups is 1. The van der Waals surface area contributed by atoms with Gasteiger partial charge in [0.15, 0.2) is 11.5 Å². The Labute approximate surface area is 128 Å². The van der Waals surface area contributed by atoms with Gasteiger partial charge in [-0.1, -0.05) is 24.3 Å². The molecule has 2 aromatic carbocycles. The van der Waals surface area contributed by atoms with E-state index in [2.05, 4.69) is 4.85 Å². The predicted octanol–water partition coefficient (Wildman–Crippen LogP) is 3.98. The zero-order valence-electron chi connectivity index (χ0n) is 11.9. The number of nitrogens with zero attached hydrogens (tertiary/aromatic N) is 2. The summed E-state index contributed by atoms with van der Waals surface area (Å²) >= 11 is 0. The SMILES string of the molecule is [C-]#[N+]c1ccc(C(=O)C=C(OC)c2ccc(C#N)cc2)cc1. The van der Waals surface area contributed by atoms with Crippen LogP contribution in [0.4, 0.5) is 5.69 Å². The van der Waals surface area contributed by atoms with E-state index in [4.69, 9.17) is 16.6 Å². The first kappa shape index (κ1) is 15.0. The maximum absolute atomic E-state index is 12.2. The maximum Gasteiger partial charge on any atom is 0.189 e. The van der Waals surface area contributed by atoms with Crippen molar-refractivity contribution in [3.63, 3.8) is 0 Å². The molecule has 0 amide bonds. The molecule has 106 valence electrons. The summed E-state index contributed by atoms with van der Waals surface area (Å²) in [6.07, 6.45) is 1.40. The lowest BCUT2D eigenvalue weighted by Gasteiger charge is -2.06. The number of hydrogen-bond acceptors (Lipinski definition) is 3. The molecule has 0 aliphatic heterocycles. The molecule has 0 saturated carbocycles. The number of rotatable bonds is 4. The van der Waals surface area contributed by atoms with E-state index in [9.17, 15) is 4.79 Å². The van der Waals surface area contributed by atoms with E-state index in [1.807, 2.05) is 6.07 Å². The highest BCUT2D eigenvalue weighted by molar-refractivity contribution is 6.08. The summed E-state index contributed by atoms with van der Waals surface area (Å²) in [6.45, 7) is 6.90. The summed E-state index contributed by atoms with van der Waals surface area (Å²) < 4.78 is 5.26. The first-order chi connectivity index (χ1) is 10.7. The highest BCUT2D eigenvalue weighted by Gasteiger charge is 2.08. The minimum Gasteiger partial charge on any atom is -0.496 e. The second-order valence-corrected chi connectivity index (χ2v) is 4.42. The van der Waals surface area contributed by atoms with Crippen molar-refractivity contribution in [2.45, 2.75) is 0 Å². The van der Waals surface area contributed by atoms with Crippen molar-refractivity contribution in [2.75, 3.05) is 7.11 Å². The van der Waals surface area contributed by atoms with Crippen molar-refractivity contribution in [3.8, 4) is 6.07 Å². The maximum atomic E-state index is 12.2. The van der Waals surface area contributed by atoms with Crippen molar-refractivity contribution in [2.24, 2.45) is 0 Å². The molecule has 0 spiro atoms. The lowest BCUT2D eigenvalue weighted by atomic mass is 10.1. The topological polar surface area (TPSA) is 54.5 Å². The van der Waals surface area contributed by atoms with Gasteiger partial charge in [0.1, 0.15) is 5.76 Å². The van der Waals surface area contributed by atoms with Gasteiger partial charge in [-0.2, -0.15) is 5.26 Å². The van der Waals surface area contributed by atoms with E-state index < -0.39 is 0 Å². The quantitative estimate of drug-likeness (QED) is 0.370. The van der Waals surface area contributed by atoms with Crippen LogP contribution in [0, 0.1) is 17.9 Å². The number of ketones is 1. The third-order valence-electron chi connectivity index (χ3n) is 3.06. The molecule has 2 rings (SSSR count). The Bertz CT molecular complexity index is 789. The largest absolute Gasteiger partial charge is 0.496 e. The van der Waals surface area contributed by atoms with Gasteiger partial charge in [0.2, 0.25) is 0 Å². The van der Waals surface area contributed by atoms with Gasteiger partial charge in [-0.15, -0.1) is 0 Å². The van der Waals surface area contributed by atoms with Gasteiger partial charge in [-0.25, -0.2) is 4.85 Å². The predicted molar refractivity (Wildman–Crippen MR) is 83.2 cm³/mol. The van der Waals surface area contributed by atoms with E-state index in [1.165, 1.54) is 13.2 Å². The minimum atomic E-state index is -0.210. The first-order valence-electron chi connectivity index (χ1n) is 6.46. The van der Waals surface area contributed by atoms with Gasteiger partial charge >= 0.3 is 0 Å². The number of allylic oxidation sites excluding steroid dienone is 1. The molecule has 4 nitrogen and oxygen atoms in total. The van der Waals surface area contributed by atoms with E-state index in [0.29, 0.717) is 28.1 Å². The third-order valence-corrected chi connectivity index (χ3v) is 3.06. The molecular formula is C18H12N2O2. The van der Waals surface area contributed by atoms with Crippen LogP contribution in [0.2, 0.25) is 0 Å². The lowest BCUT2D eigenvalue weighted by Crippen LogP contribution is -1.97. The van der Waals surface area contributed by atoms with Crippen LogP contribution in [0.1, 0.15) is 21.5 Å². The fraction of sp³-hybridized carbons (Fsp3) is 0.0556. The van der Waals surface area contributed by atoms with Gasteiger partial charge < -0.3 is 4.74 Å². The Morgan fingerprint density at radius 1 is 1.14 bits per heavy atom. The molecule has 0 aromatic heterocycles. The van der Waals surface area contributed by atoms with E-state index in [1.54, 1.807) is 48.5 Å². The fourth-order valence-electron chi connectivity index (χ4n) is 1.87. The van der Waals surface area contributed by atoms with Crippen molar-refractivity contribution in [1.82, 2.24) is 0 Å². The van der Waals surface area contributed by atoms with Crippen LogP contribution in [0.25, 0.3) is 10.6 Å². The number of carbonyl (C=O) groups excluding carboxylic acids is 1. The second-order valence-electron chi connectivity index (χ2n) is 4.42. The Kier molecular flexibility index (Phi) is 4.70. The molecule has 0 radical (unpaired) electrons. The summed E-state index contributed by atoms with van der Waals surface area (Å²) in [5.74, 6) is 0.210. The smallest absolute Gasteiger partial charge is 0.189 e. The summed E-state index contributed by atoms with van der Waals surface area (Å²) in [5.41, 5.74) is 2.23. The molecule has 22 heavy (non-hydrogen) atoms. The fourth-order valence-corrected chi connectivity index (χ4v) is 1.87. The average molecular weight is 288 g/mol. The number of ether oxygens (including phenoxy) is 1. The lowest BCUT2D eigenvalue weighted by molar-refractivity contribution is 0.104. The summed E-state index contributed by atoms with van der Waals surface area (Å²) in [4.78, 5) is 15.5. The number of benzene rings is 2. The van der Waals surface area contributed by atoms with E-state index >= 15 is 0 Å². The Morgan fingerprint density at radius 2 is 1.73 bits per heavy atom. The van der Waals surface area contributed by atoms with Gasteiger partial charge in [0.05, 0.1) is 25.3 Å². The van der Waals surface area contributed by atoms with Gasteiger partial charge in [0, 0.05) is 17.2 Å². The van der Waals surface area contributed by atoms with Gasteiger partial charge in [0.25, 0.3) is 0 Å².